The van der Waals surface area contributed by atoms with Gasteiger partial charge in [-0.15, -0.1) is 0 Å². The first-order valence-electron chi connectivity index (χ1n) is 7.22. The van der Waals surface area contributed by atoms with E-state index in [2.05, 4.69) is 33.0 Å². The van der Waals surface area contributed by atoms with Gasteiger partial charge in [0.25, 0.3) is 0 Å². The summed E-state index contributed by atoms with van der Waals surface area (Å²) in [7, 11) is 0. The normalized spacial score (nSPS) is 15.8. The standard InChI is InChI=1S/C15H19FN4S/c1-11(2)14-17-15(21-18-14)20-9-7-19(8-10-20)13-5-3-12(16)4-6-13/h3-6,11H,7-10H2,1-2H3. The molecule has 3 rings (SSSR count). The van der Waals surface area contributed by atoms with Gasteiger partial charge in [0.05, 0.1) is 0 Å². The lowest BCUT2D eigenvalue weighted by molar-refractivity contribution is 0.624. The Balaban J connectivity index is 1.63. The van der Waals surface area contributed by atoms with Crippen LogP contribution in [0, 0.1) is 5.82 Å². The summed E-state index contributed by atoms with van der Waals surface area (Å²) in [6.45, 7) is 7.90. The highest BCUT2D eigenvalue weighted by Crippen LogP contribution is 2.24. The molecule has 21 heavy (non-hydrogen) atoms. The summed E-state index contributed by atoms with van der Waals surface area (Å²) in [6, 6.07) is 6.71. The Morgan fingerprint density at radius 2 is 1.67 bits per heavy atom. The van der Waals surface area contributed by atoms with Crippen molar-refractivity contribution in [3.8, 4) is 0 Å². The highest BCUT2D eigenvalue weighted by Gasteiger charge is 2.20. The van der Waals surface area contributed by atoms with E-state index in [0.717, 1.165) is 42.8 Å². The van der Waals surface area contributed by atoms with Crippen molar-refractivity contribution in [3.63, 3.8) is 0 Å². The third-order valence-corrected chi connectivity index (χ3v) is 4.48. The van der Waals surface area contributed by atoms with E-state index < -0.39 is 0 Å². The largest absolute Gasteiger partial charge is 0.368 e. The van der Waals surface area contributed by atoms with Gasteiger partial charge < -0.3 is 9.80 Å². The van der Waals surface area contributed by atoms with Crippen molar-refractivity contribution in [2.75, 3.05) is 36.0 Å². The quantitative estimate of drug-likeness (QED) is 0.872. The van der Waals surface area contributed by atoms with Crippen LogP contribution in [0.1, 0.15) is 25.6 Å². The van der Waals surface area contributed by atoms with Gasteiger partial charge in [0.15, 0.2) is 0 Å². The number of anilines is 2. The van der Waals surface area contributed by atoms with Gasteiger partial charge in [0, 0.05) is 49.3 Å². The monoisotopic (exact) mass is 306 g/mol. The summed E-state index contributed by atoms with van der Waals surface area (Å²) in [5.41, 5.74) is 1.08. The number of aromatic nitrogens is 2. The smallest absolute Gasteiger partial charge is 0.205 e. The van der Waals surface area contributed by atoms with Crippen molar-refractivity contribution >= 4 is 22.4 Å². The molecule has 1 saturated heterocycles. The summed E-state index contributed by atoms with van der Waals surface area (Å²) in [4.78, 5) is 9.17. The maximum absolute atomic E-state index is 13.0. The minimum absolute atomic E-state index is 0.188. The fourth-order valence-corrected chi connectivity index (χ4v) is 3.26. The number of hydrogen-bond acceptors (Lipinski definition) is 5. The average Bonchev–Trinajstić information content (AvgIpc) is 2.98. The van der Waals surface area contributed by atoms with Crippen LogP contribution in [-0.2, 0) is 0 Å². The van der Waals surface area contributed by atoms with Crippen LogP contribution in [0.15, 0.2) is 24.3 Å². The van der Waals surface area contributed by atoms with Crippen molar-refractivity contribution in [3.05, 3.63) is 35.9 Å². The highest BCUT2D eigenvalue weighted by atomic mass is 32.1. The number of nitrogens with zero attached hydrogens (tertiary/aromatic N) is 4. The summed E-state index contributed by atoms with van der Waals surface area (Å²) >= 11 is 1.48. The molecule has 112 valence electrons. The molecule has 2 aromatic rings. The molecule has 0 N–H and O–H groups in total. The van der Waals surface area contributed by atoms with Crippen LogP contribution in [-0.4, -0.2) is 35.5 Å². The summed E-state index contributed by atoms with van der Waals surface area (Å²) in [5.74, 6) is 1.11. The predicted octanol–water partition coefficient (Wildman–Crippen LogP) is 3.13. The molecule has 1 aliphatic heterocycles. The first-order chi connectivity index (χ1) is 10.1. The number of piperazine rings is 1. The van der Waals surface area contributed by atoms with Gasteiger partial charge in [-0.1, -0.05) is 13.8 Å². The lowest BCUT2D eigenvalue weighted by Gasteiger charge is -2.35. The molecule has 1 aromatic carbocycles. The Morgan fingerprint density at radius 3 is 2.24 bits per heavy atom. The van der Waals surface area contributed by atoms with E-state index in [-0.39, 0.29) is 5.82 Å². The molecule has 4 nitrogen and oxygen atoms in total. The first kappa shape index (κ1) is 14.3. The lowest BCUT2D eigenvalue weighted by atomic mass is 10.2. The Hall–Kier alpha value is -1.69. The molecule has 0 bridgehead atoms. The second kappa shape index (κ2) is 5.97. The maximum Gasteiger partial charge on any atom is 0.205 e. The molecule has 0 amide bonds. The molecule has 1 aromatic heterocycles. The van der Waals surface area contributed by atoms with E-state index in [1.165, 1.54) is 23.7 Å². The van der Waals surface area contributed by atoms with Gasteiger partial charge in [-0.2, -0.15) is 4.37 Å². The second-order valence-electron chi connectivity index (χ2n) is 5.54. The van der Waals surface area contributed by atoms with E-state index in [9.17, 15) is 4.39 Å². The van der Waals surface area contributed by atoms with Crippen LogP contribution in [0.5, 0.6) is 0 Å². The van der Waals surface area contributed by atoms with Crippen LogP contribution in [0.2, 0.25) is 0 Å². The van der Waals surface area contributed by atoms with Crippen molar-refractivity contribution < 1.29 is 4.39 Å². The van der Waals surface area contributed by atoms with Crippen LogP contribution in [0.3, 0.4) is 0 Å². The SMILES string of the molecule is CC(C)c1nsc(N2CCN(c3ccc(F)cc3)CC2)n1. The Bertz CT molecular complexity index is 588. The van der Waals surface area contributed by atoms with Gasteiger partial charge in [0.2, 0.25) is 5.13 Å². The summed E-state index contributed by atoms with van der Waals surface area (Å²) in [5, 5.41) is 1.01. The first-order valence-corrected chi connectivity index (χ1v) is 8.00. The van der Waals surface area contributed by atoms with Gasteiger partial charge in [-0.25, -0.2) is 9.37 Å². The van der Waals surface area contributed by atoms with Crippen molar-refractivity contribution in [2.24, 2.45) is 0 Å². The van der Waals surface area contributed by atoms with Crippen LogP contribution >= 0.6 is 11.5 Å². The molecule has 0 radical (unpaired) electrons. The molecule has 0 atom stereocenters. The molecule has 6 heteroatoms. The predicted molar refractivity (Wildman–Crippen MR) is 84.8 cm³/mol. The zero-order valence-electron chi connectivity index (χ0n) is 12.3. The summed E-state index contributed by atoms with van der Waals surface area (Å²) in [6.07, 6.45) is 0. The van der Waals surface area contributed by atoms with Gasteiger partial charge >= 0.3 is 0 Å². The molecular weight excluding hydrogens is 287 g/mol. The second-order valence-corrected chi connectivity index (χ2v) is 6.27. The third-order valence-electron chi connectivity index (χ3n) is 3.69. The molecule has 1 fully saturated rings. The van der Waals surface area contributed by atoms with Gasteiger partial charge in [-0.3, -0.25) is 0 Å². The fourth-order valence-electron chi connectivity index (χ4n) is 2.40. The fraction of sp³-hybridized carbons (Fsp3) is 0.467. The molecule has 0 unspecified atom stereocenters. The summed E-state index contributed by atoms with van der Waals surface area (Å²) < 4.78 is 17.4. The van der Waals surface area contributed by atoms with E-state index in [0.29, 0.717) is 5.92 Å². The van der Waals surface area contributed by atoms with Crippen LogP contribution in [0.25, 0.3) is 0 Å². The molecule has 0 saturated carbocycles. The zero-order valence-corrected chi connectivity index (χ0v) is 13.1. The molecule has 0 aliphatic carbocycles. The topological polar surface area (TPSA) is 32.3 Å². The average molecular weight is 306 g/mol. The van der Waals surface area contributed by atoms with E-state index in [1.807, 2.05) is 12.1 Å². The molecular formula is C15H19FN4S. The van der Waals surface area contributed by atoms with Crippen molar-refractivity contribution in [1.29, 1.82) is 0 Å². The Labute approximate surface area is 128 Å². The Morgan fingerprint density at radius 1 is 1.05 bits per heavy atom. The van der Waals surface area contributed by atoms with Crippen LogP contribution in [0.4, 0.5) is 15.2 Å². The minimum Gasteiger partial charge on any atom is -0.368 e. The number of hydrogen-bond donors (Lipinski definition) is 0. The number of halogens is 1. The van der Waals surface area contributed by atoms with Gasteiger partial charge in [0.1, 0.15) is 11.6 Å². The lowest BCUT2D eigenvalue weighted by Crippen LogP contribution is -2.46. The molecule has 2 heterocycles. The van der Waals surface area contributed by atoms with Crippen LogP contribution < -0.4 is 9.80 Å². The number of rotatable bonds is 3. The number of benzene rings is 1. The van der Waals surface area contributed by atoms with Crippen molar-refractivity contribution in [1.82, 2.24) is 9.36 Å². The van der Waals surface area contributed by atoms with E-state index in [1.54, 1.807) is 0 Å². The van der Waals surface area contributed by atoms with Gasteiger partial charge in [-0.05, 0) is 24.3 Å². The third kappa shape index (κ3) is 3.15. The minimum atomic E-state index is -0.188. The van der Waals surface area contributed by atoms with E-state index in [4.69, 9.17) is 0 Å². The molecule has 0 spiro atoms. The molecule has 1 aliphatic rings. The van der Waals surface area contributed by atoms with E-state index >= 15 is 0 Å². The maximum atomic E-state index is 13.0. The zero-order chi connectivity index (χ0) is 14.8. The highest BCUT2D eigenvalue weighted by molar-refractivity contribution is 7.09. The Kier molecular flexibility index (Phi) is 4.05. The van der Waals surface area contributed by atoms with Crippen molar-refractivity contribution in [2.45, 2.75) is 19.8 Å².